The fraction of sp³-hybridized carbons (Fsp3) is 0.0196. The Labute approximate surface area is 318 Å². The van der Waals surface area contributed by atoms with Crippen LogP contribution in [-0.4, -0.2) is 14.5 Å². The first-order chi connectivity index (χ1) is 26.2. The van der Waals surface area contributed by atoms with Gasteiger partial charge in [0.25, 0.3) is 0 Å². The molecule has 0 nitrogen and oxygen atoms in total. The van der Waals surface area contributed by atoms with E-state index in [-0.39, 0.29) is 14.5 Å². The Morgan fingerprint density at radius 2 is 0.868 bits per heavy atom. The zero-order valence-corrected chi connectivity index (χ0v) is 31.6. The molecule has 11 rings (SSSR count). The van der Waals surface area contributed by atoms with Crippen LogP contribution < -0.4 is 0 Å². The van der Waals surface area contributed by atoms with Gasteiger partial charge in [-0.25, -0.2) is 0 Å². The van der Waals surface area contributed by atoms with E-state index in [4.69, 9.17) is 0 Å². The molecule has 0 amide bonds. The summed E-state index contributed by atoms with van der Waals surface area (Å²) in [6.45, 7) is 2.20. The van der Waals surface area contributed by atoms with Crippen LogP contribution in [0.5, 0.6) is 0 Å². The fourth-order valence-corrected chi connectivity index (χ4v) is 12.2. The van der Waals surface area contributed by atoms with E-state index >= 15 is 0 Å². The predicted molar refractivity (Wildman–Crippen MR) is 233 cm³/mol. The van der Waals surface area contributed by atoms with Gasteiger partial charge in [0, 0.05) is 0 Å². The number of hydrogen-bond donors (Lipinski definition) is 0. The summed E-state index contributed by atoms with van der Waals surface area (Å²) >= 11 is 2.07. The molecule has 2 heterocycles. The first kappa shape index (κ1) is 30.8. The van der Waals surface area contributed by atoms with E-state index in [1.165, 1.54) is 111 Å². The van der Waals surface area contributed by atoms with E-state index in [1.54, 1.807) is 0 Å². The third-order valence-electron chi connectivity index (χ3n) is 11.0. The summed E-state index contributed by atoms with van der Waals surface area (Å²) in [6, 6.07) is 65.8. The van der Waals surface area contributed by atoms with Gasteiger partial charge < -0.3 is 0 Å². The van der Waals surface area contributed by atoms with Gasteiger partial charge in [-0.3, -0.25) is 0 Å². The van der Waals surface area contributed by atoms with Gasteiger partial charge in [-0.15, -0.1) is 0 Å². The molecular formula is C51H32SSe. The van der Waals surface area contributed by atoms with Gasteiger partial charge in [-0.1, -0.05) is 0 Å². The van der Waals surface area contributed by atoms with E-state index in [2.05, 4.69) is 183 Å². The molecule has 0 spiro atoms. The summed E-state index contributed by atoms with van der Waals surface area (Å²) in [7, 11) is 0. The molecular weight excluding hydrogens is 724 g/mol. The van der Waals surface area contributed by atoms with Crippen LogP contribution in [0, 0.1) is 6.92 Å². The average molecular weight is 756 g/mol. The molecule has 2 heteroatoms. The van der Waals surface area contributed by atoms with Crippen molar-refractivity contribution in [1.82, 2.24) is 0 Å². The van der Waals surface area contributed by atoms with Crippen LogP contribution in [-0.2, 0) is 0 Å². The normalized spacial score (nSPS) is 11.9. The number of thiophene rings is 1. The third-order valence-corrected chi connectivity index (χ3v) is 14.3. The summed E-state index contributed by atoms with van der Waals surface area (Å²) in [6.07, 6.45) is 0. The fourth-order valence-electron chi connectivity index (χ4n) is 8.80. The topological polar surface area (TPSA) is 0 Å². The number of aryl methyl sites for hydroxylation is 1. The second-order valence-corrected chi connectivity index (χ2v) is 17.5. The molecule has 0 bridgehead atoms. The Hall–Kier alpha value is -5.76. The molecule has 0 aliphatic rings. The molecule has 0 fully saturated rings. The van der Waals surface area contributed by atoms with Gasteiger partial charge in [0.15, 0.2) is 0 Å². The molecule has 0 atom stereocenters. The van der Waals surface area contributed by atoms with Gasteiger partial charge >= 0.3 is 320 Å². The monoisotopic (exact) mass is 756 g/mol. The molecule has 11 aromatic rings. The van der Waals surface area contributed by atoms with Crippen molar-refractivity contribution in [2.45, 2.75) is 6.92 Å². The summed E-state index contributed by atoms with van der Waals surface area (Å²) in [5.74, 6) is 0. The minimum atomic E-state index is 0.187. The first-order valence-electron chi connectivity index (χ1n) is 18.2. The number of rotatable bonds is 4. The Morgan fingerprint density at radius 1 is 0.358 bits per heavy atom. The maximum atomic E-state index is 2.51. The van der Waals surface area contributed by atoms with Gasteiger partial charge in [0.1, 0.15) is 0 Å². The molecule has 248 valence electrons. The van der Waals surface area contributed by atoms with Gasteiger partial charge in [-0.2, -0.15) is 0 Å². The molecule has 0 aliphatic carbocycles. The Morgan fingerprint density at radius 3 is 1.42 bits per heavy atom. The molecule has 2 aromatic heterocycles. The molecule has 53 heavy (non-hydrogen) atoms. The maximum absolute atomic E-state index is 2.51. The standard InChI is InChI=1S/C51H32SSe/c1-31-26-29-44(52-31)50-40-22-11-9-20-38(40)49(39-21-10-12-23-41(39)50)43-24-13-25-45-51(43)42-28-27-33(30-46(42)53-45)48-36-18-7-5-16-34(36)47(32-14-3-2-4-15-32)35-17-6-8-19-37(35)48/h2-30H,1H3. The molecule has 9 aromatic carbocycles. The Kier molecular flexibility index (Phi) is 7.07. The van der Waals surface area contributed by atoms with Crippen LogP contribution in [0.3, 0.4) is 0 Å². The number of fused-ring (bicyclic) bond motifs is 7. The van der Waals surface area contributed by atoms with E-state index in [0.29, 0.717) is 0 Å². The van der Waals surface area contributed by atoms with Crippen LogP contribution in [0.25, 0.3) is 106 Å². The van der Waals surface area contributed by atoms with E-state index < -0.39 is 0 Å². The van der Waals surface area contributed by atoms with Crippen molar-refractivity contribution in [3.05, 3.63) is 181 Å². The first-order valence-corrected chi connectivity index (χ1v) is 20.7. The van der Waals surface area contributed by atoms with Crippen molar-refractivity contribution < 1.29 is 0 Å². The van der Waals surface area contributed by atoms with E-state index in [1.807, 2.05) is 11.3 Å². The number of benzene rings is 9. The van der Waals surface area contributed by atoms with E-state index in [0.717, 1.165) is 0 Å². The van der Waals surface area contributed by atoms with Crippen molar-refractivity contribution in [1.29, 1.82) is 0 Å². The van der Waals surface area contributed by atoms with Crippen LogP contribution in [0.1, 0.15) is 4.88 Å². The van der Waals surface area contributed by atoms with Crippen LogP contribution in [0.2, 0.25) is 0 Å². The second kappa shape index (κ2) is 12.2. The quantitative estimate of drug-likeness (QED) is 0.124. The van der Waals surface area contributed by atoms with Crippen molar-refractivity contribution in [3.8, 4) is 43.8 Å². The van der Waals surface area contributed by atoms with E-state index in [9.17, 15) is 0 Å². The average Bonchev–Trinajstić information content (AvgIpc) is 3.82. The predicted octanol–water partition coefficient (Wildman–Crippen LogP) is 14.7. The summed E-state index contributed by atoms with van der Waals surface area (Å²) in [4.78, 5) is 2.67. The molecule has 0 unspecified atom stereocenters. The van der Waals surface area contributed by atoms with Crippen molar-refractivity contribution in [2.24, 2.45) is 0 Å². The summed E-state index contributed by atoms with van der Waals surface area (Å²) in [5.41, 5.74) is 9.19. The summed E-state index contributed by atoms with van der Waals surface area (Å²) in [5, 5.41) is 13.2. The Balaban J connectivity index is 1.18. The summed E-state index contributed by atoms with van der Waals surface area (Å²) < 4.78 is 2.92. The molecule has 0 N–H and O–H groups in total. The van der Waals surface area contributed by atoms with Crippen LogP contribution in [0.4, 0.5) is 0 Å². The zero-order valence-electron chi connectivity index (χ0n) is 29.1. The molecule has 0 saturated heterocycles. The van der Waals surface area contributed by atoms with Gasteiger partial charge in [0.05, 0.1) is 0 Å². The Bertz CT molecular complexity index is 3120. The third kappa shape index (κ3) is 4.74. The molecule has 0 saturated carbocycles. The number of hydrogen-bond acceptors (Lipinski definition) is 1. The van der Waals surface area contributed by atoms with Crippen LogP contribution >= 0.6 is 11.3 Å². The second-order valence-electron chi connectivity index (χ2n) is 14.0. The van der Waals surface area contributed by atoms with Gasteiger partial charge in [-0.05, 0) is 0 Å². The molecule has 0 aliphatic heterocycles. The minimum absolute atomic E-state index is 0.187. The van der Waals surface area contributed by atoms with Crippen LogP contribution in [0.15, 0.2) is 176 Å². The van der Waals surface area contributed by atoms with Crippen molar-refractivity contribution in [3.63, 3.8) is 0 Å². The SMILES string of the molecule is Cc1ccc(-c2c3ccccc3c(-c3cccc4[se]c5cc(-c6c7ccccc7c(-c7ccccc7)c7ccccc67)ccc5c34)c3ccccc23)s1. The molecule has 0 radical (unpaired) electrons. The zero-order chi connectivity index (χ0) is 35.0. The van der Waals surface area contributed by atoms with Gasteiger partial charge in [0.2, 0.25) is 0 Å². The van der Waals surface area contributed by atoms with Crippen molar-refractivity contribution in [2.75, 3.05) is 0 Å². The van der Waals surface area contributed by atoms with Crippen molar-refractivity contribution >= 4 is 88.2 Å².